The topological polar surface area (TPSA) is 59.3 Å². The highest BCUT2D eigenvalue weighted by molar-refractivity contribution is 5.33. The molecule has 0 aliphatic carbocycles. The lowest BCUT2D eigenvalue weighted by Crippen LogP contribution is -2.38. The van der Waals surface area contributed by atoms with E-state index in [0.717, 1.165) is 12.0 Å². The Labute approximate surface area is 100 Å². The highest BCUT2D eigenvalue weighted by atomic mass is 19.1. The summed E-state index contributed by atoms with van der Waals surface area (Å²) in [5.41, 5.74) is 13.0. The van der Waals surface area contributed by atoms with E-state index in [1.54, 1.807) is 6.07 Å². The Morgan fingerprint density at radius 1 is 1.41 bits per heavy atom. The predicted molar refractivity (Wildman–Crippen MR) is 64.0 cm³/mol. The second-order valence-corrected chi connectivity index (χ2v) is 4.25. The zero-order valence-electron chi connectivity index (χ0n) is 10.0. The van der Waals surface area contributed by atoms with Crippen LogP contribution in [0.3, 0.4) is 0 Å². The number of ether oxygens (including phenoxy) is 1. The smallest absolute Gasteiger partial charge is 0.165 e. The van der Waals surface area contributed by atoms with E-state index < -0.39 is 0 Å². The van der Waals surface area contributed by atoms with Crippen molar-refractivity contribution < 1.29 is 9.13 Å². The van der Waals surface area contributed by atoms with Gasteiger partial charge in [0.15, 0.2) is 11.6 Å². The Morgan fingerprint density at radius 3 is 2.76 bits per heavy atom. The molecule has 1 aromatic rings. The van der Waals surface area contributed by atoms with Gasteiger partial charge >= 0.3 is 0 Å². The van der Waals surface area contributed by atoms with E-state index in [4.69, 9.17) is 10.5 Å². The van der Waals surface area contributed by atoms with Gasteiger partial charge in [-0.3, -0.25) is 5.43 Å². The molecule has 1 aromatic carbocycles. The first-order valence-corrected chi connectivity index (χ1v) is 5.77. The Kier molecular flexibility index (Phi) is 3.61. The molecule has 4 N–H and O–H groups in total. The second-order valence-electron chi connectivity index (χ2n) is 4.25. The first kappa shape index (κ1) is 12.3. The fourth-order valence-corrected chi connectivity index (χ4v) is 2.32. The molecule has 2 rings (SSSR count). The molecule has 3 unspecified atom stereocenters. The molecule has 1 heterocycles. The minimum Gasteiger partial charge on any atom is -0.494 e. The average molecular weight is 239 g/mol. The first-order valence-electron chi connectivity index (χ1n) is 5.77. The van der Waals surface area contributed by atoms with E-state index in [9.17, 15) is 4.39 Å². The molecule has 0 amide bonds. The molecule has 1 aliphatic heterocycles. The van der Waals surface area contributed by atoms with Crippen molar-refractivity contribution in [3.05, 3.63) is 29.6 Å². The fourth-order valence-electron chi connectivity index (χ4n) is 2.32. The number of methoxy groups -OCH3 is 1. The minimum absolute atomic E-state index is 0.0698. The van der Waals surface area contributed by atoms with Gasteiger partial charge in [0.1, 0.15) is 0 Å². The number of hydrogen-bond donors (Lipinski definition) is 3. The standard InChI is InChI=1S/C12H18FN3O/c1-3-9-11(12(14)16-15-9)7-4-5-10(17-2)8(13)6-7/h4-6,9,11-12,15-16H,3,14H2,1-2H3. The van der Waals surface area contributed by atoms with Crippen LogP contribution in [0.25, 0.3) is 0 Å². The van der Waals surface area contributed by atoms with Crippen molar-refractivity contribution in [2.24, 2.45) is 5.73 Å². The van der Waals surface area contributed by atoms with Crippen molar-refractivity contribution in [1.29, 1.82) is 0 Å². The first-order chi connectivity index (χ1) is 8.17. The van der Waals surface area contributed by atoms with Crippen LogP contribution in [-0.4, -0.2) is 19.3 Å². The number of halogens is 1. The van der Waals surface area contributed by atoms with E-state index in [-0.39, 0.29) is 29.7 Å². The Hall–Kier alpha value is -1.17. The van der Waals surface area contributed by atoms with Crippen LogP contribution in [0.2, 0.25) is 0 Å². The van der Waals surface area contributed by atoms with E-state index in [0.29, 0.717) is 0 Å². The maximum Gasteiger partial charge on any atom is 0.165 e. The molecule has 0 spiro atoms. The lowest BCUT2D eigenvalue weighted by Gasteiger charge is -2.20. The number of hydrogen-bond acceptors (Lipinski definition) is 4. The molecule has 0 aromatic heterocycles. The zero-order valence-corrected chi connectivity index (χ0v) is 10.0. The van der Waals surface area contributed by atoms with Crippen molar-refractivity contribution in [3.63, 3.8) is 0 Å². The summed E-state index contributed by atoms with van der Waals surface area (Å²) in [6, 6.07) is 5.23. The predicted octanol–water partition coefficient (Wildman–Crippen LogP) is 1.09. The highest BCUT2D eigenvalue weighted by Gasteiger charge is 2.33. The quantitative estimate of drug-likeness (QED) is 0.739. The molecular formula is C12H18FN3O. The summed E-state index contributed by atoms with van der Waals surface area (Å²) in [5.74, 6) is -0.0198. The van der Waals surface area contributed by atoms with Crippen LogP contribution in [0.4, 0.5) is 4.39 Å². The summed E-state index contributed by atoms with van der Waals surface area (Å²) in [7, 11) is 1.46. The van der Waals surface area contributed by atoms with Gasteiger partial charge in [0.2, 0.25) is 0 Å². The Balaban J connectivity index is 2.29. The van der Waals surface area contributed by atoms with Crippen LogP contribution in [0, 0.1) is 5.82 Å². The van der Waals surface area contributed by atoms with Gasteiger partial charge in [0.05, 0.1) is 13.3 Å². The zero-order chi connectivity index (χ0) is 12.4. The van der Waals surface area contributed by atoms with Crippen LogP contribution in [0.15, 0.2) is 18.2 Å². The van der Waals surface area contributed by atoms with Gasteiger partial charge in [-0.05, 0) is 24.1 Å². The van der Waals surface area contributed by atoms with Gasteiger partial charge < -0.3 is 10.5 Å². The summed E-state index contributed by atoms with van der Waals surface area (Å²) < 4.78 is 18.6. The number of benzene rings is 1. The Morgan fingerprint density at radius 2 is 2.18 bits per heavy atom. The summed E-state index contributed by atoms with van der Waals surface area (Å²) in [6.45, 7) is 2.07. The van der Waals surface area contributed by atoms with Gasteiger partial charge in [-0.2, -0.15) is 0 Å². The van der Waals surface area contributed by atoms with Crippen molar-refractivity contribution in [3.8, 4) is 5.75 Å². The highest BCUT2D eigenvalue weighted by Crippen LogP contribution is 2.29. The van der Waals surface area contributed by atoms with E-state index >= 15 is 0 Å². The number of rotatable bonds is 3. The van der Waals surface area contributed by atoms with Gasteiger partial charge in [-0.25, -0.2) is 9.82 Å². The number of nitrogens with two attached hydrogens (primary N) is 1. The number of nitrogens with one attached hydrogen (secondary N) is 2. The minimum atomic E-state index is -0.348. The lowest BCUT2D eigenvalue weighted by molar-refractivity contribution is 0.385. The third-order valence-corrected chi connectivity index (χ3v) is 3.26. The molecule has 0 radical (unpaired) electrons. The Bertz CT molecular complexity index is 399. The van der Waals surface area contributed by atoms with Gasteiger partial charge in [0.25, 0.3) is 0 Å². The van der Waals surface area contributed by atoms with Crippen molar-refractivity contribution in [2.75, 3.05) is 7.11 Å². The van der Waals surface area contributed by atoms with E-state index in [1.165, 1.54) is 13.2 Å². The fraction of sp³-hybridized carbons (Fsp3) is 0.500. The summed E-state index contributed by atoms with van der Waals surface area (Å²) >= 11 is 0. The lowest BCUT2D eigenvalue weighted by atomic mass is 9.89. The van der Waals surface area contributed by atoms with E-state index in [2.05, 4.69) is 17.8 Å². The summed E-state index contributed by atoms with van der Waals surface area (Å²) in [6.07, 6.45) is 0.728. The van der Waals surface area contributed by atoms with Gasteiger partial charge in [-0.15, -0.1) is 0 Å². The summed E-state index contributed by atoms with van der Waals surface area (Å²) in [4.78, 5) is 0. The van der Waals surface area contributed by atoms with Crippen molar-refractivity contribution in [2.45, 2.75) is 31.5 Å². The normalized spacial score (nSPS) is 28.4. The van der Waals surface area contributed by atoms with E-state index in [1.807, 2.05) is 6.07 Å². The molecule has 17 heavy (non-hydrogen) atoms. The third kappa shape index (κ3) is 2.26. The van der Waals surface area contributed by atoms with Crippen LogP contribution < -0.4 is 21.3 Å². The molecule has 5 heteroatoms. The summed E-state index contributed by atoms with van der Waals surface area (Å²) in [5, 5.41) is 0. The van der Waals surface area contributed by atoms with Crippen molar-refractivity contribution in [1.82, 2.24) is 10.9 Å². The largest absolute Gasteiger partial charge is 0.494 e. The monoisotopic (exact) mass is 239 g/mol. The molecule has 1 fully saturated rings. The maximum absolute atomic E-state index is 13.7. The number of hydrazine groups is 1. The third-order valence-electron chi connectivity index (χ3n) is 3.26. The average Bonchev–Trinajstić information content (AvgIpc) is 2.70. The molecular weight excluding hydrogens is 221 g/mol. The molecule has 94 valence electrons. The second kappa shape index (κ2) is 5.00. The maximum atomic E-state index is 13.7. The molecule has 4 nitrogen and oxygen atoms in total. The van der Waals surface area contributed by atoms with Crippen LogP contribution in [0.1, 0.15) is 24.8 Å². The van der Waals surface area contributed by atoms with Crippen LogP contribution in [0.5, 0.6) is 5.75 Å². The van der Waals surface area contributed by atoms with Crippen LogP contribution in [-0.2, 0) is 0 Å². The molecule has 1 saturated heterocycles. The SMILES string of the molecule is CCC1NNC(N)C1c1ccc(OC)c(F)c1. The molecule has 0 saturated carbocycles. The van der Waals surface area contributed by atoms with Crippen molar-refractivity contribution >= 4 is 0 Å². The molecule has 1 aliphatic rings. The molecule has 0 bridgehead atoms. The van der Waals surface area contributed by atoms with Crippen LogP contribution >= 0.6 is 0 Å². The molecule has 3 atom stereocenters. The van der Waals surface area contributed by atoms with Gasteiger partial charge in [-0.1, -0.05) is 13.0 Å². The van der Waals surface area contributed by atoms with Gasteiger partial charge in [0, 0.05) is 12.0 Å².